The summed E-state index contributed by atoms with van der Waals surface area (Å²) < 4.78 is 16.4. The SMILES string of the molecule is COc1ccc(-c2cc(-c3cc4ccccc4o3)on2)cc1. The van der Waals surface area contributed by atoms with E-state index in [4.69, 9.17) is 13.7 Å². The highest BCUT2D eigenvalue weighted by atomic mass is 16.5. The first-order valence-corrected chi connectivity index (χ1v) is 6.93. The molecule has 0 aliphatic carbocycles. The number of methoxy groups -OCH3 is 1. The summed E-state index contributed by atoms with van der Waals surface area (Å²) >= 11 is 0. The number of ether oxygens (including phenoxy) is 1. The second-order valence-electron chi connectivity index (χ2n) is 4.95. The molecule has 0 spiro atoms. The van der Waals surface area contributed by atoms with E-state index in [9.17, 15) is 0 Å². The van der Waals surface area contributed by atoms with E-state index in [0.717, 1.165) is 28.0 Å². The van der Waals surface area contributed by atoms with Gasteiger partial charge in [0, 0.05) is 17.0 Å². The van der Waals surface area contributed by atoms with Gasteiger partial charge in [0.25, 0.3) is 0 Å². The lowest BCUT2D eigenvalue weighted by Gasteiger charge is -1.99. The van der Waals surface area contributed by atoms with Crippen molar-refractivity contribution in [3.05, 3.63) is 60.7 Å². The molecule has 4 rings (SSSR count). The highest BCUT2D eigenvalue weighted by molar-refractivity contribution is 5.82. The van der Waals surface area contributed by atoms with E-state index in [1.54, 1.807) is 7.11 Å². The minimum absolute atomic E-state index is 0.613. The number of benzene rings is 2. The molecular formula is C18H13NO3. The van der Waals surface area contributed by atoms with Gasteiger partial charge in [-0.05, 0) is 36.4 Å². The zero-order valence-corrected chi connectivity index (χ0v) is 11.9. The van der Waals surface area contributed by atoms with E-state index in [1.165, 1.54) is 0 Å². The molecule has 2 aromatic heterocycles. The molecule has 0 aliphatic rings. The normalized spacial score (nSPS) is 11.0. The Morgan fingerprint density at radius 1 is 0.909 bits per heavy atom. The van der Waals surface area contributed by atoms with Crippen LogP contribution in [0.3, 0.4) is 0 Å². The van der Waals surface area contributed by atoms with Crippen molar-refractivity contribution in [3.63, 3.8) is 0 Å². The molecule has 4 nitrogen and oxygen atoms in total. The number of para-hydroxylation sites is 1. The summed E-state index contributed by atoms with van der Waals surface area (Å²) in [6, 6.07) is 19.4. The predicted octanol–water partition coefficient (Wildman–Crippen LogP) is 4.76. The Kier molecular flexibility index (Phi) is 2.93. The molecule has 22 heavy (non-hydrogen) atoms. The molecule has 0 fully saturated rings. The highest BCUT2D eigenvalue weighted by Gasteiger charge is 2.13. The Labute approximate surface area is 126 Å². The molecule has 4 aromatic rings. The molecule has 0 amide bonds. The third-order valence-electron chi connectivity index (χ3n) is 3.56. The quantitative estimate of drug-likeness (QED) is 0.546. The van der Waals surface area contributed by atoms with E-state index in [2.05, 4.69) is 5.16 Å². The van der Waals surface area contributed by atoms with Gasteiger partial charge in [0.15, 0.2) is 5.76 Å². The van der Waals surface area contributed by atoms with Crippen LogP contribution in [-0.4, -0.2) is 12.3 Å². The summed E-state index contributed by atoms with van der Waals surface area (Å²) in [6.45, 7) is 0. The van der Waals surface area contributed by atoms with Gasteiger partial charge in [-0.15, -0.1) is 0 Å². The van der Waals surface area contributed by atoms with E-state index >= 15 is 0 Å². The van der Waals surface area contributed by atoms with Gasteiger partial charge in [-0.1, -0.05) is 23.4 Å². The molecule has 0 aliphatic heterocycles. The largest absolute Gasteiger partial charge is 0.497 e. The van der Waals surface area contributed by atoms with Gasteiger partial charge in [0.2, 0.25) is 5.76 Å². The fourth-order valence-corrected chi connectivity index (χ4v) is 2.39. The summed E-state index contributed by atoms with van der Waals surface area (Å²) in [5.74, 6) is 2.10. The van der Waals surface area contributed by atoms with Crippen molar-refractivity contribution in [3.8, 4) is 28.5 Å². The Morgan fingerprint density at radius 2 is 1.73 bits per heavy atom. The Hall–Kier alpha value is -3.01. The molecule has 0 saturated heterocycles. The molecule has 108 valence electrons. The van der Waals surface area contributed by atoms with Crippen molar-refractivity contribution < 1.29 is 13.7 Å². The second-order valence-corrected chi connectivity index (χ2v) is 4.95. The van der Waals surface area contributed by atoms with Gasteiger partial charge in [-0.25, -0.2) is 0 Å². The molecule has 0 saturated carbocycles. The second kappa shape index (κ2) is 5.07. The first-order chi connectivity index (χ1) is 10.8. The monoisotopic (exact) mass is 291 g/mol. The molecule has 4 heteroatoms. The fourth-order valence-electron chi connectivity index (χ4n) is 2.39. The van der Waals surface area contributed by atoms with Crippen molar-refractivity contribution >= 4 is 11.0 Å². The van der Waals surface area contributed by atoms with E-state index in [-0.39, 0.29) is 0 Å². The van der Waals surface area contributed by atoms with Crippen LogP contribution in [0.4, 0.5) is 0 Å². The molecule has 0 atom stereocenters. The maximum absolute atomic E-state index is 5.79. The Morgan fingerprint density at radius 3 is 2.50 bits per heavy atom. The molecule has 0 radical (unpaired) electrons. The average molecular weight is 291 g/mol. The summed E-state index contributed by atoms with van der Waals surface area (Å²) in [6.07, 6.45) is 0. The van der Waals surface area contributed by atoms with Crippen LogP contribution >= 0.6 is 0 Å². The van der Waals surface area contributed by atoms with Gasteiger partial charge < -0.3 is 13.7 Å². The van der Waals surface area contributed by atoms with Crippen molar-refractivity contribution in [1.82, 2.24) is 5.16 Å². The Balaban J connectivity index is 1.70. The van der Waals surface area contributed by atoms with Crippen LogP contribution in [0.5, 0.6) is 5.75 Å². The summed E-state index contributed by atoms with van der Waals surface area (Å²) in [5, 5.41) is 5.15. The van der Waals surface area contributed by atoms with Crippen molar-refractivity contribution in [2.45, 2.75) is 0 Å². The van der Waals surface area contributed by atoms with Crippen molar-refractivity contribution in [2.24, 2.45) is 0 Å². The number of hydrogen-bond acceptors (Lipinski definition) is 4. The molecule has 2 aromatic carbocycles. The first kappa shape index (κ1) is 12.7. The van der Waals surface area contributed by atoms with Gasteiger partial charge in [-0.3, -0.25) is 0 Å². The first-order valence-electron chi connectivity index (χ1n) is 6.93. The molecular weight excluding hydrogens is 278 g/mol. The number of rotatable bonds is 3. The lowest BCUT2D eigenvalue weighted by atomic mass is 10.1. The van der Waals surface area contributed by atoms with Crippen LogP contribution in [0, 0.1) is 0 Å². The average Bonchev–Trinajstić information content (AvgIpc) is 3.21. The third-order valence-corrected chi connectivity index (χ3v) is 3.56. The van der Waals surface area contributed by atoms with Gasteiger partial charge >= 0.3 is 0 Å². The number of fused-ring (bicyclic) bond motifs is 1. The molecule has 2 heterocycles. The molecule has 0 N–H and O–H groups in total. The summed E-state index contributed by atoms with van der Waals surface area (Å²) in [4.78, 5) is 0. The lowest BCUT2D eigenvalue weighted by molar-refractivity contribution is 0.414. The number of aromatic nitrogens is 1. The Bertz CT molecular complexity index is 886. The highest BCUT2D eigenvalue weighted by Crippen LogP contribution is 2.31. The summed E-state index contributed by atoms with van der Waals surface area (Å²) in [7, 11) is 1.64. The summed E-state index contributed by atoms with van der Waals surface area (Å²) in [5.41, 5.74) is 2.56. The third kappa shape index (κ3) is 2.15. The van der Waals surface area contributed by atoms with Crippen LogP contribution in [0.15, 0.2) is 69.6 Å². The molecule has 0 unspecified atom stereocenters. The van der Waals surface area contributed by atoms with E-state index < -0.39 is 0 Å². The number of furan rings is 1. The van der Waals surface area contributed by atoms with Crippen LogP contribution in [0.1, 0.15) is 0 Å². The topological polar surface area (TPSA) is 48.4 Å². The van der Waals surface area contributed by atoms with Crippen molar-refractivity contribution in [1.29, 1.82) is 0 Å². The van der Waals surface area contributed by atoms with E-state index in [1.807, 2.05) is 60.7 Å². The van der Waals surface area contributed by atoms with Crippen molar-refractivity contribution in [2.75, 3.05) is 7.11 Å². The standard InChI is InChI=1S/C18H13NO3/c1-20-14-8-6-12(7-9-14)15-11-18(22-19-15)17-10-13-4-2-3-5-16(13)21-17/h2-11H,1H3. The van der Waals surface area contributed by atoms with Crippen LogP contribution in [0.2, 0.25) is 0 Å². The van der Waals surface area contributed by atoms with Crippen LogP contribution < -0.4 is 4.74 Å². The predicted molar refractivity (Wildman–Crippen MR) is 83.7 cm³/mol. The fraction of sp³-hybridized carbons (Fsp3) is 0.0556. The van der Waals surface area contributed by atoms with E-state index in [0.29, 0.717) is 11.5 Å². The molecule has 0 bridgehead atoms. The van der Waals surface area contributed by atoms with Crippen LogP contribution in [0.25, 0.3) is 33.7 Å². The number of hydrogen-bond donors (Lipinski definition) is 0. The smallest absolute Gasteiger partial charge is 0.202 e. The maximum Gasteiger partial charge on any atom is 0.202 e. The van der Waals surface area contributed by atoms with Crippen LogP contribution in [-0.2, 0) is 0 Å². The zero-order chi connectivity index (χ0) is 14.9. The zero-order valence-electron chi connectivity index (χ0n) is 11.9. The van der Waals surface area contributed by atoms with Gasteiger partial charge in [-0.2, -0.15) is 0 Å². The maximum atomic E-state index is 5.79. The van der Waals surface area contributed by atoms with Gasteiger partial charge in [0.1, 0.15) is 17.0 Å². The lowest BCUT2D eigenvalue weighted by Crippen LogP contribution is -1.82. The van der Waals surface area contributed by atoms with Gasteiger partial charge in [0.05, 0.1) is 7.11 Å². The minimum atomic E-state index is 0.613. The number of nitrogens with zero attached hydrogens (tertiary/aromatic N) is 1. The minimum Gasteiger partial charge on any atom is -0.497 e.